The second-order valence-corrected chi connectivity index (χ2v) is 7.25. The van der Waals surface area contributed by atoms with Gasteiger partial charge < -0.3 is 4.90 Å². The minimum atomic E-state index is -0.00509. The van der Waals surface area contributed by atoms with Crippen LogP contribution in [0.4, 0.5) is 5.69 Å². The molecule has 0 fully saturated rings. The average Bonchev–Trinajstić information content (AvgIpc) is 3.00. The van der Waals surface area contributed by atoms with Gasteiger partial charge >= 0.3 is 0 Å². The summed E-state index contributed by atoms with van der Waals surface area (Å²) in [6.07, 6.45) is 1.63. The van der Waals surface area contributed by atoms with Crippen molar-refractivity contribution in [2.75, 3.05) is 4.90 Å². The molecule has 0 saturated heterocycles. The highest BCUT2D eigenvalue weighted by Gasteiger charge is 2.27. The van der Waals surface area contributed by atoms with E-state index in [1.165, 1.54) is 0 Å². The van der Waals surface area contributed by atoms with Crippen molar-refractivity contribution in [1.82, 2.24) is 19.3 Å². The molecule has 0 spiro atoms. The molecule has 1 atom stereocenters. The standard InChI is InChI=1S/C18H20ClN5O/c1-11(2)24-17-15(8-20-24)18(25)23-9-12(3)22(10-16(23)21-17)14-6-4-13(19)5-7-14/h4-8,11-12H,9-10H2,1-3H3. The molecule has 7 heteroatoms. The van der Waals surface area contributed by atoms with Gasteiger partial charge in [-0.3, -0.25) is 9.36 Å². The number of rotatable bonds is 2. The normalized spacial score (nSPS) is 17.3. The van der Waals surface area contributed by atoms with Crippen molar-refractivity contribution in [2.45, 2.75) is 45.9 Å². The van der Waals surface area contributed by atoms with E-state index >= 15 is 0 Å². The van der Waals surface area contributed by atoms with E-state index in [0.29, 0.717) is 29.1 Å². The summed E-state index contributed by atoms with van der Waals surface area (Å²) in [6.45, 7) is 7.37. The van der Waals surface area contributed by atoms with Crippen LogP contribution in [-0.2, 0) is 13.1 Å². The van der Waals surface area contributed by atoms with Crippen LogP contribution in [0.5, 0.6) is 0 Å². The van der Waals surface area contributed by atoms with Crippen LogP contribution in [0.15, 0.2) is 35.3 Å². The van der Waals surface area contributed by atoms with Gasteiger partial charge in [-0.05, 0) is 45.0 Å². The van der Waals surface area contributed by atoms with Crippen molar-refractivity contribution in [3.63, 3.8) is 0 Å². The molecule has 1 unspecified atom stereocenters. The van der Waals surface area contributed by atoms with Crippen LogP contribution in [0.3, 0.4) is 0 Å². The van der Waals surface area contributed by atoms with E-state index in [4.69, 9.17) is 16.6 Å². The summed E-state index contributed by atoms with van der Waals surface area (Å²) in [7, 11) is 0. The third-order valence-electron chi connectivity index (χ3n) is 4.73. The van der Waals surface area contributed by atoms with Gasteiger partial charge in [-0.1, -0.05) is 11.6 Å². The van der Waals surface area contributed by atoms with E-state index in [1.54, 1.807) is 10.8 Å². The molecule has 0 radical (unpaired) electrons. The molecule has 2 aromatic heterocycles. The minimum absolute atomic E-state index is 0.00509. The zero-order valence-electron chi connectivity index (χ0n) is 14.5. The predicted octanol–water partition coefficient (Wildman–Crippen LogP) is 3.24. The topological polar surface area (TPSA) is 56.0 Å². The number of benzene rings is 1. The number of fused-ring (bicyclic) bond motifs is 2. The Balaban J connectivity index is 1.82. The van der Waals surface area contributed by atoms with Crippen molar-refractivity contribution < 1.29 is 0 Å². The average molecular weight is 358 g/mol. The maximum absolute atomic E-state index is 12.9. The summed E-state index contributed by atoms with van der Waals surface area (Å²) in [6, 6.07) is 8.12. The summed E-state index contributed by atoms with van der Waals surface area (Å²) in [5, 5.41) is 5.65. The zero-order chi connectivity index (χ0) is 17.7. The van der Waals surface area contributed by atoms with Crippen LogP contribution in [0, 0.1) is 0 Å². The van der Waals surface area contributed by atoms with Crippen LogP contribution in [-0.4, -0.2) is 25.4 Å². The first-order valence-corrected chi connectivity index (χ1v) is 8.82. The molecule has 25 heavy (non-hydrogen) atoms. The Kier molecular flexibility index (Phi) is 3.80. The molecular weight excluding hydrogens is 338 g/mol. The van der Waals surface area contributed by atoms with Crippen LogP contribution < -0.4 is 10.5 Å². The fourth-order valence-corrected chi connectivity index (χ4v) is 3.53. The molecule has 3 heterocycles. The number of aromatic nitrogens is 4. The van der Waals surface area contributed by atoms with E-state index in [1.807, 2.05) is 42.8 Å². The number of nitrogens with zero attached hydrogens (tertiary/aromatic N) is 5. The van der Waals surface area contributed by atoms with E-state index in [0.717, 1.165) is 11.5 Å². The summed E-state index contributed by atoms with van der Waals surface area (Å²) >= 11 is 6.00. The van der Waals surface area contributed by atoms with E-state index in [9.17, 15) is 4.79 Å². The molecule has 1 aromatic carbocycles. The number of hydrogen-bond donors (Lipinski definition) is 0. The van der Waals surface area contributed by atoms with Gasteiger partial charge in [0.15, 0.2) is 5.65 Å². The van der Waals surface area contributed by atoms with Crippen molar-refractivity contribution >= 4 is 28.3 Å². The molecule has 1 aliphatic heterocycles. The Labute approximate surface area is 150 Å². The molecule has 0 aliphatic carbocycles. The largest absolute Gasteiger partial charge is 0.360 e. The highest BCUT2D eigenvalue weighted by atomic mass is 35.5. The highest BCUT2D eigenvalue weighted by molar-refractivity contribution is 6.30. The zero-order valence-corrected chi connectivity index (χ0v) is 15.2. The number of anilines is 1. The van der Waals surface area contributed by atoms with Crippen molar-refractivity contribution in [2.24, 2.45) is 0 Å². The lowest BCUT2D eigenvalue weighted by molar-refractivity contribution is 0.449. The summed E-state index contributed by atoms with van der Waals surface area (Å²) in [5.74, 6) is 0.771. The molecule has 3 aromatic rings. The summed E-state index contributed by atoms with van der Waals surface area (Å²) in [4.78, 5) is 19.9. The van der Waals surface area contributed by atoms with Crippen LogP contribution >= 0.6 is 11.6 Å². The summed E-state index contributed by atoms with van der Waals surface area (Å²) in [5.41, 5.74) is 1.74. The van der Waals surface area contributed by atoms with Crippen LogP contribution in [0.25, 0.3) is 11.0 Å². The number of halogens is 1. The Hall–Kier alpha value is -2.34. The monoisotopic (exact) mass is 357 g/mol. The molecular formula is C18H20ClN5O. The van der Waals surface area contributed by atoms with Crippen molar-refractivity contribution in [3.8, 4) is 0 Å². The lowest BCUT2D eigenvalue weighted by Gasteiger charge is -2.36. The van der Waals surface area contributed by atoms with Crippen LogP contribution in [0.2, 0.25) is 5.02 Å². The molecule has 4 rings (SSSR count). The van der Waals surface area contributed by atoms with E-state index in [2.05, 4.69) is 16.9 Å². The lowest BCUT2D eigenvalue weighted by atomic mass is 10.1. The Morgan fingerprint density at radius 3 is 2.64 bits per heavy atom. The SMILES string of the molecule is CC1Cn2c(nc3c(cnn3C(C)C)c2=O)CN1c1ccc(Cl)cc1. The van der Waals surface area contributed by atoms with Crippen molar-refractivity contribution in [3.05, 3.63) is 51.7 Å². The fraction of sp³-hybridized carbons (Fsp3) is 0.389. The first-order valence-electron chi connectivity index (χ1n) is 8.45. The predicted molar refractivity (Wildman–Crippen MR) is 99.3 cm³/mol. The minimum Gasteiger partial charge on any atom is -0.360 e. The molecule has 0 bridgehead atoms. The maximum atomic E-state index is 12.9. The Morgan fingerprint density at radius 2 is 1.96 bits per heavy atom. The van der Waals surface area contributed by atoms with E-state index in [-0.39, 0.29) is 17.6 Å². The van der Waals surface area contributed by atoms with E-state index < -0.39 is 0 Å². The Bertz CT molecular complexity index is 989. The second-order valence-electron chi connectivity index (χ2n) is 6.82. The maximum Gasteiger partial charge on any atom is 0.264 e. The highest BCUT2D eigenvalue weighted by Crippen LogP contribution is 2.26. The first-order chi connectivity index (χ1) is 12.0. The fourth-order valence-electron chi connectivity index (χ4n) is 3.40. The van der Waals surface area contributed by atoms with Gasteiger partial charge in [0.05, 0.1) is 12.7 Å². The van der Waals surface area contributed by atoms with Crippen LogP contribution in [0.1, 0.15) is 32.6 Å². The first kappa shape index (κ1) is 16.1. The molecule has 6 nitrogen and oxygen atoms in total. The Morgan fingerprint density at radius 1 is 1.24 bits per heavy atom. The van der Waals surface area contributed by atoms with Gasteiger partial charge in [0.2, 0.25) is 0 Å². The summed E-state index contributed by atoms with van der Waals surface area (Å²) < 4.78 is 3.59. The molecule has 0 N–H and O–H groups in total. The lowest BCUT2D eigenvalue weighted by Crippen LogP contribution is -2.45. The van der Waals surface area contributed by atoms with Gasteiger partial charge in [-0.2, -0.15) is 5.10 Å². The van der Waals surface area contributed by atoms with Gasteiger partial charge in [-0.15, -0.1) is 0 Å². The van der Waals surface area contributed by atoms with Gasteiger partial charge in [0.1, 0.15) is 11.2 Å². The van der Waals surface area contributed by atoms with Gasteiger partial charge in [0.25, 0.3) is 5.56 Å². The molecule has 0 saturated carbocycles. The molecule has 0 amide bonds. The van der Waals surface area contributed by atoms with Gasteiger partial charge in [0, 0.05) is 29.3 Å². The number of hydrogen-bond acceptors (Lipinski definition) is 4. The smallest absolute Gasteiger partial charge is 0.264 e. The molecule has 1 aliphatic rings. The molecule has 130 valence electrons. The van der Waals surface area contributed by atoms with Crippen molar-refractivity contribution in [1.29, 1.82) is 0 Å². The quantitative estimate of drug-likeness (QED) is 0.706. The third-order valence-corrected chi connectivity index (χ3v) is 4.98. The second kappa shape index (κ2) is 5.88. The third kappa shape index (κ3) is 2.61. The van der Waals surface area contributed by atoms with Gasteiger partial charge in [-0.25, -0.2) is 9.67 Å².